The minimum atomic E-state index is 0.542. The van der Waals surface area contributed by atoms with Crippen molar-refractivity contribution < 1.29 is 0 Å². The fraction of sp³-hybridized carbons (Fsp3) is 0.500. The van der Waals surface area contributed by atoms with Crippen LogP contribution in [0.2, 0.25) is 0 Å². The highest BCUT2D eigenvalue weighted by Gasteiger charge is 2.24. The average molecular weight is 276 g/mol. The molecule has 3 rings (SSSR count). The molecule has 5 heteroatoms. The number of thioether (sulfide) groups is 1. The summed E-state index contributed by atoms with van der Waals surface area (Å²) in [4.78, 5) is 7.27. The van der Waals surface area contributed by atoms with Gasteiger partial charge in [0, 0.05) is 36.7 Å². The van der Waals surface area contributed by atoms with Gasteiger partial charge in [-0.3, -0.25) is 0 Å². The van der Waals surface area contributed by atoms with Gasteiger partial charge in [0.25, 0.3) is 0 Å². The average Bonchev–Trinajstić information content (AvgIpc) is 2.79. The molecular formula is C14H20N4S. The van der Waals surface area contributed by atoms with Gasteiger partial charge in [0.1, 0.15) is 5.65 Å². The normalized spacial score (nSPS) is 20.1. The molecule has 2 aromatic rings. The van der Waals surface area contributed by atoms with E-state index in [2.05, 4.69) is 28.5 Å². The predicted octanol–water partition coefficient (Wildman–Crippen LogP) is 1.78. The van der Waals surface area contributed by atoms with E-state index in [4.69, 9.17) is 10.7 Å². The second-order valence-electron chi connectivity index (χ2n) is 4.97. The fourth-order valence-corrected chi connectivity index (χ4v) is 3.69. The van der Waals surface area contributed by atoms with Crippen LogP contribution in [0.4, 0.5) is 5.82 Å². The van der Waals surface area contributed by atoms with Crippen molar-refractivity contribution in [3.8, 4) is 0 Å². The minimum Gasteiger partial charge on any atom is -0.351 e. The lowest BCUT2D eigenvalue weighted by Crippen LogP contribution is -2.41. The van der Waals surface area contributed by atoms with Gasteiger partial charge in [-0.15, -0.1) is 0 Å². The third-order valence-electron chi connectivity index (χ3n) is 3.63. The highest BCUT2D eigenvalue weighted by molar-refractivity contribution is 7.99. The number of hydrogen-bond acceptors (Lipinski definition) is 4. The van der Waals surface area contributed by atoms with Crippen molar-refractivity contribution in [2.45, 2.75) is 19.4 Å². The van der Waals surface area contributed by atoms with Crippen LogP contribution in [-0.2, 0) is 6.42 Å². The summed E-state index contributed by atoms with van der Waals surface area (Å²) in [5, 5.41) is 0. The van der Waals surface area contributed by atoms with E-state index >= 15 is 0 Å². The first-order valence-corrected chi connectivity index (χ1v) is 7.97. The molecular weight excluding hydrogens is 256 g/mol. The van der Waals surface area contributed by atoms with Gasteiger partial charge < -0.3 is 15.0 Å². The van der Waals surface area contributed by atoms with Crippen LogP contribution >= 0.6 is 11.8 Å². The quantitative estimate of drug-likeness (QED) is 0.928. The Morgan fingerprint density at radius 1 is 1.47 bits per heavy atom. The van der Waals surface area contributed by atoms with Crippen molar-refractivity contribution in [2.75, 3.05) is 29.5 Å². The van der Waals surface area contributed by atoms with Crippen LogP contribution in [0.3, 0.4) is 0 Å². The lowest BCUT2D eigenvalue weighted by Gasteiger charge is -2.34. The van der Waals surface area contributed by atoms with Gasteiger partial charge >= 0.3 is 0 Å². The Morgan fingerprint density at radius 2 is 2.37 bits per heavy atom. The number of imidazole rings is 1. The Kier molecular flexibility index (Phi) is 3.66. The molecule has 1 aliphatic rings. The first-order chi connectivity index (χ1) is 9.31. The molecule has 0 bridgehead atoms. The van der Waals surface area contributed by atoms with Crippen molar-refractivity contribution in [3.63, 3.8) is 0 Å². The van der Waals surface area contributed by atoms with E-state index in [1.165, 1.54) is 17.2 Å². The van der Waals surface area contributed by atoms with Gasteiger partial charge in [-0.1, -0.05) is 6.07 Å². The maximum absolute atomic E-state index is 5.78. The Hall–Kier alpha value is -1.20. The number of hydrogen-bond donors (Lipinski definition) is 1. The van der Waals surface area contributed by atoms with E-state index in [0.29, 0.717) is 12.6 Å². The molecule has 0 aromatic carbocycles. The molecule has 4 nitrogen and oxygen atoms in total. The van der Waals surface area contributed by atoms with Gasteiger partial charge in [-0.05, 0) is 25.6 Å². The van der Waals surface area contributed by atoms with E-state index in [-0.39, 0.29) is 0 Å². The smallest absolute Gasteiger partial charge is 0.151 e. The molecule has 0 amide bonds. The van der Waals surface area contributed by atoms with Gasteiger partial charge in [0.05, 0.1) is 5.69 Å². The number of pyridine rings is 1. The molecule has 0 spiro atoms. The zero-order valence-corrected chi connectivity index (χ0v) is 12.1. The number of anilines is 1. The molecule has 0 radical (unpaired) electrons. The largest absolute Gasteiger partial charge is 0.351 e. The van der Waals surface area contributed by atoms with Crippen LogP contribution in [0.25, 0.3) is 5.65 Å². The lowest BCUT2D eigenvalue weighted by molar-refractivity contribution is 0.685. The number of rotatable bonds is 3. The fourth-order valence-electron chi connectivity index (χ4n) is 2.67. The summed E-state index contributed by atoms with van der Waals surface area (Å²) in [6.45, 7) is 4.02. The maximum atomic E-state index is 5.78. The standard InChI is InChI=1S/C14H20N4S/c1-11-10-19-9-8-17(11)14-12(5-6-15)18-7-3-2-4-13(18)16-14/h2-4,7,11H,5-6,8-10,15H2,1H3. The van der Waals surface area contributed by atoms with Crippen molar-refractivity contribution in [1.82, 2.24) is 9.38 Å². The molecule has 102 valence electrons. The molecule has 1 unspecified atom stereocenters. The van der Waals surface area contributed by atoms with Crippen molar-refractivity contribution >= 4 is 23.2 Å². The van der Waals surface area contributed by atoms with Gasteiger partial charge in [-0.2, -0.15) is 11.8 Å². The Bertz CT molecular complexity index is 566. The monoisotopic (exact) mass is 276 g/mol. The van der Waals surface area contributed by atoms with Crippen LogP contribution < -0.4 is 10.6 Å². The van der Waals surface area contributed by atoms with Crippen LogP contribution in [-0.4, -0.2) is 40.0 Å². The molecule has 1 aliphatic heterocycles. The van der Waals surface area contributed by atoms with Crippen molar-refractivity contribution in [2.24, 2.45) is 5.73 Å². The summed E-state index contributed by atoms with van der Waals surface area (Å²) in [5.41, 5.74) is 8.05. The number of aromatic nitrogens is 2. The van der Waals surface area contributed by atoms with E-state index in [0.717, 1.165) is 24.4 Å². The summed E-state index contributed by atoms with van der Waals surface area (Å²) in [6, 6.07) is 6.69. The molecule has 1 fully saturated rings. The SMILES string of the molecule is CC1CSCCN1c1nc2ccccn2c1CCN. The zero-order valence-electron chi connectivity index (χ0n) is 11.2. The van der Waals surface area contributed by atoms with E-state index in [9.17, 15) is 0 Å². The van der Waals surface area contributed by atoms with Crippen molar-refractivity contribution in [3.05, 3.63) is 30.1 Å². The van der Waals surface area contributed by atoms with Gasteiger partial charge in [0.2, 0.25) is 0 Å². The highest BCUT2D eigenvalue weighted by atomic mass is 32.2. The summed E-state index contributed by atoms with van der Waals surface area (Å²) >= 11 is 2.03. The summed E-state index contributed by atoms with van der Waals surface area (Å²) in [6.07, 6.45) is 2.96. The number of fused-ring (bicyclic) bond motifs is 1. The van der Waals surface area contributed by atoms with Crippen LogP contribution in [0.1, 0.15) is 12.6 Å². The lowest BCUT2D eigenvalue weighted by atomic mass is 10.2. The predicted molar refractivity (Wildman–Crippen MR) is 82.1 cm³/mol. The maximum Gasteiger partial charge on any atom is 0.151 e. The number of nitrogens with two attached hydrogens (primary N) is 1. The molecule has 1 saturated heterocycles. The highest BCUT2D eigenvalue weighted by Crippen LogP contribution is 2.27. The molecule has 0 saturated carbocycles. The first-order valence-electron chi connectivity index (χ1n) is 6.81. The zero-order chi connectivity index (χ0) is 13.2. The number of nitrogens with zero attached hydrogens (tertiary/aromatic N) is 3. The Morgan fingerprint density at radius 3 is 3.16 bits per heavy atom. The second kappa shape index (κ2) is 5.43. The molecule has 1 atom stereocenters. The van der Waals surface area contributed by atoms with Gasteiger partial charge in [-0.25, -0.2) is 4.98 Å². The summed E-state index contributed by atoms with van der Waals surface area (Å²) in [5.74, 6) is 3.49. The molecule has 2 N–H and O–H groups in total. The second-order valence-corrected chi connectivity index (χ2v) is 6.12. The third kappa shape index (κ3) is 2.32. The molecule has 3 heterocycles. The topological polar surface area (TPSA) is 46.6 Å². The van der Waals surface area contributed by atoms with E-state index < -0.39 is 0 Å². The van der Waals surface area contributed by atoms with Crippen LogP contribution in [0, 0.1) is 0 Å². The summed E-state index contributed by atoms with van der Waals surface area (Å²) in [7, 11) is 0. The van der Waals surface area contributed by atoms with Crippen LogP contribution in [0.5, 0.6) is 0 Å². The van der Waals surface area contributed by atoms with E-state index in [1.54, 1.807) is 0 Å². The first kappa shape index (κ1) is 12.8. The van der Waals surface area contributed by atoms with Crippen molar-refractivity contribution in [1.29, 1.82) is 0 Å². The van der Waals surface area contributed by atoms with Crippen LogP contribution in [0.15, 0.2) is 24.4 Å². The molecule has 19 heavy (non-hydrogen) atoms. The molecule has 0 aliphatic carbocycles. The third-order valence-corrected chi connectivity index (χ3v) is 4.82. The Labute approximate surface area is 118 Å². The minimum absolute atomic E-state index is 0.542. The molecule has 2 aromatic heterocycles. The van der Waals surface area contributed by atoms with E-state index in [1.807, 2.05) is 23.9 Å². The Balaban J connectivity index is 2.08. The summed E-state index contributed by atoms with van der Waals surface area (Å²) < 4.78 is 2.18. The van der Waals surface area contributed by atoms with Gasteiger partial charge in [0.15, 0.2) is 5.82 Å².